The molecular weight excluding hydrogens is 310 g/mol. The maximum Gasteiger partial charge on any atom is 0.325 e. The van der Waals surface area contributed by atoms with Gasteiger partial charge in [-0.25, -0.2) is 0 Å². The molecule has 8 heteroatoms. The van der Waals surface area contributed by atoms with Crippen LogP contribution >= 0.6 is 11.8 Å². The summed E-state index contributed by atoms with van der Waals surface area (Å²) in [5.74, 6) is -1.01. The van der Waals surface area contributed by atoms with Crippen LogP contribution in [0.5, 0.6) is 11.5 Å². The zero-order valence-corrected chi connectivity index (χ0v) is 12.7. The molecule has 1 heterocycles. The number of benzene rings is 1. The maximum absolute atomic E-state index is 12.1. The van der Waals surface area contributed by atoms with Gasteiger partial charge in [0.1, 0.15) is 6.54 Å². The third-order valence-corrected chi connectivity index (χ3v) is 3.80. The van der Waals surface area contributed by atoms with Crippen LogP contribution in [0, 0.1) is 0 Å². The molecule has 7 nitrogen and oxygen atoms in total. The first-order valence-corrected chi connectivity index (χ1v) is 6.97. The summed E-state index contributed by atoms with van der Waals surface area (Å²) in [4.78, 5) is 36.1. The van der Waals surface area contributed by atoms with E-state index >= 15 is 0 Å². The summed E-state index contributed by atoms with van der Waals surface area (Å²) in [7, 11) is 2.59. The lowest BCUT2D eigenvalue weighted by molar-refractivity contribution is -0.143. The first-order chi connectivity index (χ1) is 10.5. The van der Waals surface area contributed by atoms with Crippen molar-refractivity contribution < 1.29 is 29.0 Å². The Bertz CT molecular complexity index is 669. The van der Waals surface area contributed by atoms with Gasteiger partial charge in [0.2, 0.25) is 0 Å². The quantitative estimate of drug-likeness (QED) is 0.664. The number of rotatable bonds is 4. The second-order valence-electron chi connectivity index (χ2n) is 4.28. The van der Waals surface area contributed by atoms with Crippen LogP contribution in [0.15, 0.2) is 23.1 Å². The Morgan fingerprint density at radius 1 is 1.36 bits per heavy atom. The fourth-order valence-corrected chi connectivity index (χ4v) is 2.60. The van der Waals surface area contributed by atoms with Gasteiger partial charge in [-0.05, 0) is 35.5 Å². The zero-order valence-electron chi connectivity index (χ0n) is 11.9. The molecule has 0 saturated carbocycles. The van der Waals surface area contributed by atoms with E-state index in [0.29, 0.717) is 5.56 Å². The lowest BCUT2D eigenvalue weighted by atomic mass is 10.2. The highest BCUT2D eigenvalue weighted by Gasteiger charge is 2.36. The number of phenolic OH excluding ortho intramolecular Hbond substituents is 1. The molecule has 1 saturated heterocycles. The third kappa shape index (κ3) is 3.22. The van der Waals surface area contributed by atoms with E-state index in [-0.39, 0.29) is 16.4 Å². The predicted molar refractivity (Wildman–Crippen MR) is 79.4 cm³/mol. The van der Waals surface area contributed by atoms with E-state index in [2.05, 4.69) is 4.74 Å². The minimum atomic E-state index is -0.671. The standard InChI is InChI=1S/C14H13NO6S/c1-20-10-5-8(3-4-9(10)16)6-11-13(18)15(14(19)22-11)7-12(17)21-2/h3-6,16H,7H2,1-2H3/b11-6+. The normalized spacial score (nSPS) is 16.3. The van der Waals surface area contributed by atoms with Crippen molar-refractivity contribution in [2.75, 3.05) is 20.8 Å². The van der Waals surface area contributed by atoms with E-state index in [1.54, 1.807) is 6.07 Å². The molecule has 1 aromatic carbocycles. The Morgan fingerprint density at radius 3 is 2.73 bits per heavy atom. The lowest BCUT2D eigenvalue weighted by Gasteiger charge is -2.09. The fourth-order valence-electron chi connectivity index (χ4n) is 1.77. The van der Waals surface area contributed by atoms with Crippen LogP contribution < -0.4 is 4.74 Å². The molecule has 1 aromatic rings. The topological polar surface area (TPSA) is 93.1 Å². The van der Waals surface area contributed by atoms with Crippen molar-refractivity contribution in [1.29, 1.82) is 0 Å². The van der Waals surface area contributed by atoms with E-state index in [9.17, 15) is 19.5 Å². The molecule has 2 amide bonds. The van der Waals surface area contributed by atoms with Crippen molar-refractivity contribution in [3.8, 4) is 11.5 Å². The fraction of sp³-hybridized carbons (Fsp3) is 0.214. The second-order valence-corrected chi connectivity index (χ2v) is 5.27. The average molecular weight is 323 g/mol. The number of hydrogen-bond acceptors (Lipinski definition) is 7. The smallest absolute Gasteiger partial charge is 0.325 e. The number of phenols is 1. The number of thioether (sulfide) groups is 1. The number of nitrogens with zero attached hydrogens (tertiary/aromatic N) is 1. The Labute approximate surface area is 130 Å². The number of carbonyl (C=O) groups excluding carboxylic acids is 3. The Morgan fingerprint density at radius 2 is 2.09 bits per heavy atom. The van der Waals surface area contributed by atoms with Gasteiger partial charge in [0.15, 0.2) is 11.5 Å². The van der Waals surface area contributed by atoms with Gasteiger partial charge >= 0.3 is 5.97 Å². The van der Waals surface area contributed by atoms with E-state index in [1.165, 1.54) is 32.4 Å². The molecule has 1 fully saturated rings. The van der Waals surface area contributed by atoms with E-state index in [1.807, 2.05) is 0 Å². The van der Waals surface area contributed by atoms with Gasteiger partial charge in [-0.1, -0.05) is 6.07 Å². The minimum Gasteiger partial charge on any atom is -0.504 e. The SMILES string of the molecule is COC(=O)CN1C(=O)S/C(=C/c2ccc(O)c(OC)c2)C1=O. The number of esters is 1. The lowest BCUT2D eigenvalue weighted by Crippen LogP contribution is -2.34. The Kier molecular flexibility index (Phi) is 4.71. The van der Waals surface area contributed by atoms with Crippen LogP contribution in [0.4, 0.5) is 4.79 Å². The highest BCUT2D eigenvalue weighted by molar-refractivity contribution is 8.18. The molecule has 0 aliphatic carbocycles. The van der Waals surface area contributed by atoms with Crippen LogP contribution in [0.1, 0.15) is 5.56 Å². The van der Waals surface area contributed by atoms with Crippen molar-refractivity contribution in [2.24, 2.45) is 0 Å². The zero-order chi connectivity index (χ0) is 16.3. The summed E-state index contributed by atoms with van der Waals surface area (Å²) in [6.07, 6.45) is 1.49. The minimum absolute atomic E-state index is 0.0292. The molecule has 116 valence electrons. The average Bonchev–Trinajstić information content (AvgIpc) is 2.76. The predicted octanol–water partition coefficient (Wildman–Crippen LogP) is 1.61. The summed E-state index contributed by atoms with van der Waals surface area (Å²) in [5.41, 5.74) is 0.582. The number of aromatic hydroxyl groups is 1. The van der Waals surface area contributed by atoms with Gasteiger partial charge in [0, 0.05) is 0 Å². The Balaban J connectivity index is 2.24. The molecule has 1 aliphatic rings. The highest BCUT2D eigenvalue weighted by Crippen LogP contribution is 2.33. The molecule has 0 atom stereocenters. The molecule has 2 rings (SSSR count). The monoisotopic (exact) mass is 323 g/mol. The number of imide groups is 1. The molecule has 1 aliphatic heterocycles. The molecule has 22 heavy (non-hydrogen) atoms. The van der Waals surface area contributed by atoms with Crippen molar-refractivity contribution >= 4 is 35.0 Å². The molecule has 0 radical (unpaired) electrons. The second kappa shape index (κ2) is 6.52. The number of hydrogen-bond donors (Lipinski definition) is 1. The van der Waals surface area contributed by atoms with Gasteiger partial charge in [-0.3, -0.25) is 19.3 Å². The number of ether oxygens (including phenoxy) is 2. The molecule has 0 spiro atoms. The van der Waals surface area contributed by atoms with E-state index in [0.717, 1.165) is 16.7 Å². The summed E-state index contributed by atoms with van der Waals surface area (Å²) in [6.45, 7) is -0.419. The van der Waals surface area contributed by atoms with Crippen LogP contribution in [0.2, 0.25) is 0 Å². The van der Waals surface area contributed by atoms with Gasteiger partial charge in [-0.15, -0.1) is 0 Å². The molecule has 0 aromatic heterocycles. The van der Waals surface area contributed by atoms with Crippen LogP contribution in [0.25, 0.3) is 6.08 Å². The van der Waals surface area contributed by atoms with Crippen molar-refractivity contribution in [3.63, 3.8) is 0 Å². The van der Waals surface area contributed by atoms with Gasteiger partial charge in [0.25, 0.3) is 11.1 Å². The van der Waals surface area contributed by atoms with E-state index < -0.39 is 23.7 Å². The third-order valence-electron chi connectivity index (χ3n) is 2.89. The maximum atomic E-state index is 12.1. The van der Waals surface area contributed by atoms with Gasteiger partial charge < -0.3 is 14.6 Å². The highest BCUT2D eigenvalue weighted by atomic mass is 32.2. The van der Waals surface area contributed by atoms with Gasteiger partial charge in [-0.2, -0.15) is 0 Å². The Hall–Kier alpha value is -2.48. The van der Waals surface area contributed by atoms with Crippen LogP contribution in [-0.2, 0) is 14.3 Å². The van der Waals surface area contributed by atoms with E-state index in [4.69, 9.17) is 4.74 Å². The molecule has 1 N–H and O–H groups in total. The van der Waals surface area contributed by atoms with Crippen molar-refractivity contribution in [1.82, 2.24) is 4.90 Å². The van der Waals surface area contributed by atoms with Crippen molar-refractivity contribution in [3.05, 3.63) is 28.7 Å². The van der Waals surface area contributed by atoms with Crippen LogP contribution in [-0.4, -0.2) is 47.9 Å². The molecule has 0 bridgehead atoms. The largest absolute Gasteiger partial charge is 0.504 e. The number of methoxy groups -OCH3 is 2. The first-order valence-electron chi connectivity index (χ1n) is 6.15. The molecular formula is C14H13NO6S. The van der Waals surface area contributed by atoms with Crippen molar-refractivity contribution in [2.45, 2.75) is 0 Å². The first kappa shape index (κ1) is 15.9. The summed E-state index contributed by atoms with van der Waals surface area (Å²) in [6, 6.07) is 4.53. The summed E-state index contributed by atoms with van der Waals surface area (Å²) in [5, 5.41) is 8.99. The number of carbonyl (C=O) groups is 3. The number of amides is 2. The van der Waals surface area contributed by atoms with Gasteiger partial charge in [0.05, 0.1) is 19.1 Å². The summed E-state index contributed by atoms with van der Waals surface area (Å²) < 4.78 is 9.42. The summed E-state index contributed by atoms with van der Waals surface area (Å²) >= 11 is 0.734. The molecule has 0 unspecified atom stereocenters. The van der Waals surface area contributed by atoms with Crippen LogP contribution in [0.3, 0.4) is 0 Å².